The molecule has 0 saturated carbocycles. The monoisotopic (exact) mass is 778 g/mol. The molecule has 2 aromatic carbocycles. The van der Waals surface area contributed by atoms with Crippen LogP contribution in [0.25, 0.3) is 22.1 Å². The zero-order valence-corrected chi connectivity index (χ0v) is 31.4. The fraction of sp³-hybridized carbons (Fsp3) is 0.590. The van der Waals surface area contributed by atoms with Crippen molar-refractivity contribution in [3.63, 3.8) is 0 Å². The van der Waals surface area contributed by atoms with E-state index in [2.05, 4.69) is 11.7 Å². The van der Waals surface area contributed by atoms with E-state index in [0.717, 1.165) is 42.9 Å². The Bertz CT molecular complexity index is 1800. The number of carbonyl (C=O) groups is 1. The molecule has 54 heavy (non-hydrogen) atoms. The van der Waals surface area contributed by atoms with Crippen molar-refractivity contribution in [3.8, 4) is 16.9 Å². The maximum Gasteiger partial charge on any atom is 0.378 e. The van der Waals surface area contributed by atoms with E-state index in [9.17, 15) is 44.7 Å². The van der Waals surface area contributed by atoms with E-state index in [0.29, 0.717) is 17.4 Å². The van der Waals surface area contributed by atoms with Gasteiger partial charge in [0.25, 0.3) is 0 Å². The molecule has 1 atom stereocenters. The molecule has 0 saturated heterocycles. The second-order valence-corrected chi connectivity index (χ2v) is 15.1. The van der Waals surface area contributed by atoms with Gasteiger partial charge in [0.1, 0.15) is 11.3 Å². The third-order valence-corrected chi connectivity index (χ3v) is 9.19. The minimum atomic E-state index is -6.57. The third-order valence-electron chi connectivity index (χ3n) is 9.19. The Labute approximate surface area is 309 Å². The van der Waals surface area contributed by atoms with Crippen LogP contribution < -0.4 is 21.8 Å². The fourth-order valence-electron chi connectivity index (χ4n) is 5.93. The molecule has 3 rings (SSSR count). The number of hydrogen-bond donors (Lipinski definition) is 2. The van der Waals surface area contributed by atoms with E-state index in [1.165, 1.54) is 39.8 Å². The molecule has 4 N–H and O–H groups in total. The number of alkyl halides is 8. The van der Waals surface area contributed by atoms with Crippen LogP contribution in [0, 0.1) is 5.92 Å². The molecule has 0 amide bonds. The summed E-state index contributed by atoms with van der Waals surface area (Å²) in [6.07, 6.45) is 0.389. The van der Waals surface area contributed by atoms with Gasteiger partial charge in [-0.1, -0.05) is 44.9 Å². The SMILES string of the molecule is CCCCCc1ccc(-c2cc3ccc(OCCC(F)(F)C(F)(F)C(F)(F)C(F)(F)CCOC(=O)C(CC(C)(C)N)C(C)(C)N)cc3oc2=O)c(CC)c1. The maximum absolute atomic E-state index is 14.6. The van der Waals surface area contributed by atoms with Crippen LogP contribution in [-0.2, 0) is 22.4 Å². The van der Waals surface area contributed by atoms with Crippen molar-refractivity contribution in [2.45, 2.75) is 128 Å². The second-order valence-electron chi connectivity index (χ2n) is 15.1. The lowest BCUT2D eigenvalue weighted by Crippen LogP contribution is -2.62. The molecular weight excluding hydrogens is 728 g/mol. The lowest BCUT2D eigenvalue weighted by molar-refractivity contribution is -0.369. The molecule has 0 radical (unpaired) electrons. The molecule has 7 nitrogen and oxygen atoms in total. The summed E-state index contributed by atoms with van der Waals surface area (Å²) in [5, 5.41) is 0.418. The quantitative estimate of drug-likeness (QED) is 0.0508. The van der Waals surface area contributed by atoms with Gasteiger partial charge in [0, 0.05) is 22.5 Å². The Morgan fingerprint density at radius 3 is 1.96 bits per heavy atom. The van der Waals surface area contributed by atoms with Crippen molar-refractivity contribution in [1.29, 1.82) is 0 Å². The van der Waals surface area contributed by atoms with Gasteiger partial charge in [-0.05, 0) is 88.3 Å². The van der Waals surface area contributed by atoms with Crippen LogP contribution in [0.5, 0.6) is 5.75 Å². The van der Waals surface area contributed by atoms with Gasteiger partial charge in [0.2, 0.25) is 0 Å². The number of halogens is 8. The number of carbonyl (C=O) groups excluding carboxylic acids is 1. The molecule has 0 fully saturated rings. The van der Waals surface area contributed by atoms with Crippen molar-refractivity contribution in [1.82, 2.24) is 0 Å². The first-order valence-corrected chi connectivity index (χ1v) is 17.9. The Morgan fingerprint density at radius 2 is 1.41 bits per heavy atom. The molecule has 0 aliphatic carbocycles. The molecule has 1 unspecified atom stereocenters. The van der Waals surface area contributed by atoms with Gasteiger partial charge in [-0.15, -0.1) is 0 Å². The van der Waals surface area contributed by atoms with Crippen LogP contribution in [0.2, 0.25) is 0 Å². The Hall–Kier alpha value is -3.72. The standard InChI is InChI=1S/C39H50F8N2O5/c1-7-9-10-11-24-12-15-28(25(8-2)20-24)29-21-26-13-14-27(22-31(26)54-32(29)50)52-18-16-36(40,41)38(44,45)39(46,47)37(42,43)17-19-53-33(51)30(35(5,6)49)23-34(3,4)48/h12-15,20-22,30H,7-11,16-19,23,48-49H2,1-6H3. The van der Waals surface area contributed by atoms with Gasteiger partial charge < -0.3 is 25.4 Å². The van der Waals surface area contributed by atoms with Crippen LogP contribution in [0.4, 0.5) is 35.1 Å². The maximum atomic E-state index is 14.6. The summed E-state index contributed by atoms with van der Waals surface area (Å²) in [4.78, 5) is 25.5. The largest absolute Gasteiger partial charge is 0.493 e. The number of hydrogen-bond acceptors (Lipinski definition) is 7. The molecular formula is C39H50F8N2O5. The number of unbranched alkanes of at least 4 members (excludes halogenated alkanes) is 2. The first-order chi connectivity index (χ1) is 24.8. The van der Waals surface area contributed by atoms with Crippen LogP contribution >= 0.6 is 0 Å². The van der Waals surface area contributed by atoms with Gasteiger partial charge in [0.05, 0.1) is 37.5 Å². The summed E-state index contributed by atoms with van der Waals surface area (Å²) in [6.45, 7) is 7.17. The van der Waals surface area contributed by atoms with Crippen LogP contribution in [0.15, 0.2) is 51.7 Å². The highest BCUT2D eigenvalue weighted by molar-refractivity contribution is 5.83. The van der Waals surface area contributed by atoms with E-state index in [4.69, 9.17) is 20.6 Å². The summed E-state index contributed by atoms with van der Waals surface area (Å²) in [6, 6.07) is 11.2. The van der Waals surface area contributed by atoms with Crippen molar-refractivity contribution in [3.05, 3.63) is 64.0 Å². The van der Waals surface area contributed by atoms with E-state index in [-0.39, 0.29) is 23.3 Å². The molecule has 0 spiro atoms. The van der Waals surface area contributed by atoms with Crippen LogP contribution in [-0.4, -0.2) is 54.0 Å². The highest BCUT2D eigenvalue weighted by Crippen LogP contribution is 2.54. The van der Waals surface area contributed by atoms with Gasteiger partial charge >= 0.3 is 35.3 Å². The minimum Gasteiger partial charge on any atom is -0.493 e. The zero-order valence-electron chi connectivity index (χ0n) is 31.4. The smallest absolute Gasteiger partial charge is 0.378 e. The highest BCUT2D eigenvalue weighted by Gasteiger charge is 2.79. The van der Waals surface area contributed by atoms with Crippen LogP contribution in [0.1, 0.15) is 91.2 Å². The molecule has 0 aliphatic heterocycles. The summed E-state index contributed by atoms with van der Waals surface area (Å²) in [5.41, 5.74) is 11.9. The predicted molar refractivity (Wildman–Crippen MR) is 191 cm³/mol. The third kappa shape index (κ3) is 10.5. The summed E-state index contributed by atoms with van der Waals surface area (Å²) in [5.74, 6) is -27.2. The van der Waals surface area contributed by atoms with E-state index < -0.39 is 78.3 Å². The Balaban J connectivity index is 1.69. The first-order valence-electron chi connectivity index (χ1n) is 17.9. The van der Waals surface area contributed by atoms with Crippen molar-refractivity contribution >= 4 is 16.9 Å². The molecule has 3 aromatic rings. The summed E-state index contributed by atoms with van der Waals surface area (Å²) >= 11 is 0. The van der Waals surface area contributed by atoms with Gasteiger partial charge in [-0.2, -0.15) is 35.1 Å². The minimum absolute atomic E-state index is 0.0347. The molecule has 1 heterocycles. The average Bonchev–Trinajstić information content (AvgIpc) is 3.05. The fourth-order valence-corrected chi connectivity index (χ4v) is 5.93. The number of esters is 1. The predicted octanol–water partition coefficient (Wildman–Crippen LogP) is 9.48. The first kappa shape index (κ1) is 44.7. The molecule has 15 heteroatoms. The lowest BCUT2D eigenvalue weighted by Gasteiger charge is -2.37. The van der Waals surface area contributed by atoms with E-state index in [1.807, 2.05) is 25.1 Å². The highest BCUT2D eigenvalue weighted by atomic mass is 19.4. The lowest BCUT2D eigenvalue weighted by atomic mass is 9.80. The van der Waals surface area contributed by atoms with Gasteiger partial charge in [0.15, 0.2) is 0 Å². The number of nitrogens with two attached hydrogens (primary N) is 2. The van der Waals surface area contributed by atoms with Crippen molar-refractivity contribution in [2.24, 2.45) is 17.4 Å². The molecule has 302 valence electrons. The van der Waals surface area contributed by atoms with Gasteiger partial charge in [-0.3, -0.25) is 4.79 Å². The number of benzene rings is 2. The molecule has 0 aliphatic rings. The Kier molecular flexibility index (Phi) is 14.0. The van der Waals surface area contributed by atoms with Crippen LogP contribution in [0.3, 0.4) is 0 Å². The number of rotatable bonds is 20. The van der Waals surface area contributed by atoms with Crippen molar-refractivity contribution < 1.29 is 53.8 Å². The zero-order chi connectivity index (χ0) is 40.9. The van der Waals surface area contributed by atoms with Crippen molar-refractivity contribution in [2.75, 3.05) is 13.2 Å². The summed E-state index contributed by atoms with van der Waals surface area (Å²) in [7, 11) is 0. The Morgan fingerprint density at radius 1 is 0.796 bits per heavy atom. The van der Waals surface area contributed by atoms with Gasteiger partial charge in [-0.25, -0.2) is 4.79 Å². The second kappa shape index (κ2) is 17.0. The normalized spacial score (nSPS) is 14.0. The average molecular weight is 779 g/mol. The van der Waals surface area contributed by atoms with E-state index in [1.54, 1.807) is 6.07 Å². The topological polar surface area (TPSA) is 118 Å². The number of ether oxygens (including phenoxy) is 2. The molecule has 0 bridgehead atoms. The van der Waals surface area contributed by atoms with E-state index >= 15 is 0 Å². The summed E-state index contributed by atoms with van der Waals surface area (Å²) < 4.78 is 132. The number of aryl methyl sites for hydroxylation is 2. The molecule has 1 aromatic heterocycles. The number of fused-ring (bicyclic) bond motifs is 1.